The fourth-order valence-corrected chi connectivity index (χ4v) is 1.77. The number of nitro benzene ring substituents is 1. The number of carbonyl (C=O) groups excluding carboxylic acids is 1. The third-order valence-electron chi connectivity index (χ3n) is 2.89. The van der Waals surface area contributed by atoms with Crippen LogP contribution in [-0.4, -0.2) is 18.0 Å². The first-order chi connectivity index (χ1) is 10.5. The van der Waals surface area contributed by atoms with Gasteiger partial charge in [-0.3, -0.25) is 10.1 Å². The molecule has 6 nitrogen and oxygen atoms in total. The topological polar surface area (TPSA) is 78.7 Å². The van der Waals surface area contributed by atoms with Crippen LogP contribution < -0.4 is 4.74 Å². The van der Waals surface area contributed by atoms with Crippen molar-refractivity contribution in [2.24, 2.45) is 0 Å². The summed E-state index contributed by atoms with van der Waals surface area (Å²) >= 11 is 0. The Bertz CT molecular complexity index is 700. The normalized spacial score (nSPS) is 10.1. The van der Waals surface area contributed by atoms with Crippen molar-refractivity contribution in [3.05, 3.63) is 69.5 Å². The first-order valence-corrected chi connectivity index (χ1v) is 6.25. The Labute approximate surface area is 125 Å². The maximum Gasteiger partial charge on any atom is 0.337 e. The molecular formula is C15H12FNO5. The fraction of sp³-hybridized carbons (Fsp3) is 0.133. The van der Waals surface area contributed by atoms with Crippen LogP contribution in [0, 0.1) is 15.9 Å². The smallest absolute Gasteiger partial charge is 0.337 e. The maximum atomic E-state index is 12.8. The van der Waals surface area contributed by atoms with Crippen molar-refractivity contribution in [2.45, 2.75) is 6.61 Å². The molecule has 0 N–H and O–H groups in total. The second kappa shape index (κ2) is 6.66. The monoisotopic (exact) mass is 305 g/mol. The van der Waals surface area contributed by atoms with E-state index in [2.05, 4.69) is 4.74 Å². The van der Waals surface area contributed by atoms with Crippen LogP contribution in [0.1, 0.15) is 15.9 Å². The van der Waals surface area contributed by atoms with E-state index in [1.165, 1.54) is 49.6 Å². The van der Waals surface area contributed by atoms with E-state index in [1.807, 2.05) is 0 Å². The summed E-state index contributed by atoms with van der Waals surface area (Å²) in [5.41, 5.74) is 0.510. The van der Waals surface area contributed by atoms with E-state index >= 15 is 0 Å². The SMILES string of the molecule is COC(=O)c1ccc([N+](=O)[O-])c(OCc2ccc(F)cc2)c1. The average Bonchev–Trinajstić information content (AvgIpc) is 2.53. The van der Waals surface area contributed by atoms with E-state index < -0.39 is 10.9 Å². The molecule has 2 aromatic rings. The van der Waals surface area contributed by atoms with Gasteiger partial charge in [-0.15, -0.1) is 0 Å². The van der Waals surface area contributed by atoms with Crippen LogP contribution in [0.3, 0.4) is 0 Å². The van der Waals surface area contributed by atoms with Gasteiger partial charge in [-0.1, -0.05) is 12.1 Å². The first kappa shape index (κ1) is 15.4. The van der Waals surface area contributed by atoms with Gasteiger partial charge in [0, 0.05) is 12.1 Å². The van der Waals surface area contributed by atoms with Gasteiger partial charge >= 0.3 is 11.7 Å². The zero-order chi connectivity index (χ0) is 16.1. The summed E-state index contributed by atoms with van der Waals surface area (Å²) in [6.07, 6.45) is 0. The fourth-order valence-electron chi connectivity index (χ4n) is 1.77. The third kappa shape index (κ3) is 3.57. The largest absolute Gasteiger partial charge is 0.482 e. The van der Waals surface area contributed by atoms with Crippen molar-refractivity contribution in [3.8, 4) is 5.75 Å². The van der Waals surface area contributed by atoms with Gasteiger partial charge in [0.25, 0.3) is 0 Å². The van der Waals surface area contributed by atoms with Crippen molar-refractivity contribution in [1.29, 1.82) is 0 Å². The molecule has 0 aromatic heterocycles. The number of hydrogen-bond acceptors (Lipinski definition) is 5. The number of nitrogens with zero attached hydrogens (tertiary/aromatic N) is 1. The average molecular weight is 305 g/mol. The number of nitro groups is 1. The van der Waals surface area contributed by atoms with Gasteiger partial charge in [-0.25, -0.2) is 9.18 Å². The third-order valence-corrected chi connectivity index (χ3v) is 2.89. The molecule has 0 aliphatic heterocycles. The van der Waals surface area contributed by atoms with Crippen LogP contribution in [0.2, 0.25) is 0 Å². The van der Waals surface area contributed by atoms with Crippen LogP contribution in [0.25, 0.3) is 0 Å². The zero-order valence-corrected chi connectivity index (χ0v) is 11.6. The number of ether oxygens (including phenoxy) is 2. The Morgan fingerprint density at radius 3 is 2.50 bits per heavy atom. The highest BCUT2D eigenvalue weighted by molar-refractivity contribution is 5.90. The van der Waals surface area contributed by atoms with Crippen molar-refractivity contribution in [1.82, 2.24) is 0 Å². The van der Waals surface area contributed by atoms with Crippen molar-refractivity contribution < 1.29 is 23.6 Å². The molecule has 7 heteroatoms. The number of benzene rings is 2. The van der Waals surface area contributed by atoms with Crippen LogP contribution >= 0.6 is 0 Å². The Morgan fingerprint density at radius 1 is 1.23 bits per heavy atom. The van der Waals surface area contributed by atoms with E-state index in [0.29, 0.717) is 5.56 Å². The number of hydrogen-bond donors (Lipinski definition) is 0. The minimum Gasteiger partial charge on any atom is -0.482 e. The summed E-state index contributed by atoms with van der Waals surface area (Å²) < 4.78 is 22.8. The molecule has 0 aliphatic rings. The molecule has 0 heterocycles. The molecule has 0 bridgehead atoms. The highest BCUT2D eigenvalue weighted by Gasteiger charge is 2.18. The predicted molar refractivity (Wildman–Crippen MR) is 75.2 cm³/mol. The minimum atomic E-state index is -0.624. The molecule has 0 aliphatic carbocycles. The molecule has 22 heavy (non-hydrogen) atoms. The number of halogens is 1. The number of rotatable bonds is 5. The summed E-state index contributed by atoms with van der Waals surface area (Å²) in [6.45, 7) is 0.00570. The van der Waals surface area contributed by atoms with Crippen LogP contribution in [0.5, 0.6) is 5.75 Å². The number of methoxy groups -OCH3 is 1. The highest BCUT2D eigenvalue weighted by atomic mass is 19.1. The Balaban J connectivity index is 2.24. The van der Waals surface area contributed by atoms with E-state index in [1.54, 1.807) is 0 Å². The molecule has 0 amide bonds. The van der Waals surface area contributed by atoms with Crippen molar-refractivity contribution in [3.63, 3.8) is 0 Å². The van der Waals surface area contributed by atoms with Gasteiger partial charge in [0.2, 0.25) is 0 Å². The minimum absolute atomic E-state index is 0.00570. The molecule has 0 spiro atoms. The lowest BCUT2D eigenvalue weighted by Crippen LogP contribution is -2.04. The molecule has 2 aromatic carbocycles. The standard InChI is InChI=1S/C15H12FNO5/c1-21-15(18)11-4-7-13(17(19)20)14(8-11)22-9-10-2-5-12(16)6-3-10/h2-8H,9H2,1H3. The summed E-state index contributed by atoms with van der Waals surface area (Å²) in [4.78, 5) is 21.8. The molecule has 114 valence electrons. The van der Waals surface area contributed by atoms with Gasteiger partial charge in [0.15, 0.2) is 5.75 Å². The van der Waals surface area contributed by atoms with Gasteiger partial charge in [0.1, 0.15) is 12.4 Å². The quantitative estimate of drug-likeness (QED) is 0.482. The zero-order valence-electron chi connectivity index (χ0n) is 11.6. The van der Waals surface area contributed by atoms with Gasteiger partial charge < -0.3 is 9.47 Å². The molecule has 0 atom stereocenters. The molecular weight excluding hydrogens is 293 g/mol. The van der Waals surface area contributed by atoms with Crippen LogP contribution in [-0.2, 0) is 11.3 Å². The lowest BCUT2D eigenvalue weighted by Gasteiger charge is -2.08. The van der Waals surface area contributed by atoms with Gasteiger partial charge in [0.05, 0.1) is 17.6 Å². The summed E-state index contributed by atoms with van der Waals surface area (Å²) in [6, 6.07) is 9.24. The predicted octanol–water partition coefficient (Wildman–Crippen LogP) is 3.10. The lowest BCUT2D eigenvalue weighted by molar-refractivity contribution is -0.385. The Morgan fingerprint density at radius 2 is 1.91 bits per heavy atom. The molecule has 0 unspecified atom stereocenters. The van der Waals surface area contributed by atoms with E-state index in [-0.39, 0.29) is 29.4 Å². The molecule has 0 saturated heterocycles. The van der Waals surface area contributed by atoms with Crippen LogP contribution in [0.15, 0.2) is 42.5 Å². The second-order valence-corrected chi connectivity index (χ2v) is 4.35. The summed E-state index contributed by atoms with van der Waals surface area (Å²) in [5.74, 6) is -1.07. The summed E-state index contributed by atoms with van der Waals surface area (Å²) in [5, 5.41) is 11.0. The number of esters is 1. The van der Waals surface area contributed by atoms with E-state index in [4.69, 9.17) is 4.74 Å². The van der Waals surface area contributed by atoms with Crippen molar-refractivity contribution >= 4 is 11.7 Å². The maximum absolute atomic E-state index is 12.8. The molecule has 0 saturated carbocycles. The summed E-state index contributed by atoms with van der Waals surface area (Å²) in [7, 11) is 1.21. The van der Waals surface area contributed by atoms with Gasteiger partial charge in [-0.2, -0.15) is 0 Å². The second-order valence-electron chi connectivity index (χ2n) is 4.35. The van der Waals surface area contributed by atoms with E-state index in [0.717, 1.165) is 0 Å². The van der Waals surface area contributed by atoms with Gasteiger partial charge in [-0.05, 0) is 23.8 Å². The first-order valence-electron chi connectivity index (χ1n) is 6.25. The number of carbonyl (C=O) groups is 1. The molecule has 2 rings (SSSR count). The van der Waals surface area contributed by atoms with Crippen LogP contribution in [0.4, 0.5) is 10.1 Å². The Hall–Kier alpha value is -2.96. The molecule has 0 radical (unpaired) electrons. The highest BCUT2D eigenvalue weighted by Crippen LogP contribution is 2.29. The Kier molecular flexibility index (Phi) is 4.67. The lowest BCUT2D eigenvalue weighted by atomic mass is 10.2. The van der Waals surface area contributed by atoms with E-state index in [9.17, 15) is 19.3 Å². The van der Waals surface area contributed by atoms with Crippen molar-refractivity contribution in [2.75, 3.05) is 7.11 Å². The molecule has 0 fully saturated rings.